The highest BCUT2D eigenvalue weighted by Gasteiger charge is 2.26. The lowest BCUT2D eigenvalue weighted by molar-refractivity contribution is -0.121. The lowest BCUT2D eigenvalue weighted by Crippen LogP contribution is -2.35. The number of rotatable bonds is 9. The van der Waals surface area contributed by atoms with E-state index in [-0.39, 0.29) is 23.1 Å². The predicted octanol–water partition coefficient (Wildman–Crippen LogP) is 3.72. The quantitative estimate of drug-likeness (QED) is 0.640. The summed E-state index contributed by atoms with van der Waals surface area (Å²) in [6.07, 6.45) is 3.54. The number of amides is 1. The number of nitrogens with one attached hydrogen (secondary N) is 1. The van der Waals surface area contributed by atoms with Crippen molar-refractivity contribution in [1.82, 2.24) is 9.62 Å². The second kappa shape index (κ2) is 10.8. The molecule has 1 atom stereocenters. The zero-order valence-corrected chi connectivity index (χ0v) is 19.2. The minimum atomic E-state index is -3.52. The van der Waals surface area contributed by atoms with Crippen LogP contribution in [0.15, 0.2) is 53.4 Å². The highest BCUT2D eigenvalue weighted by molar-refractivity contribution is 7.89. The fourth-order valence-electron chi connectivity index (χ4n) is 3.87. The summed E-state index contributed by atoms with van der Waals surface area (Å²) in [5.74, 6) is 0.759. The van der Waals surface area contributed by atoms with Crippen molar-refractivity contribution in [2.24, 2.45) is 0 Å². The minimum absolute atomic E-state index is 0.0610. The van der Waals surface area contributed by atoms with Crippen LogP contribution in [0, 0.1) is 0 Å². The molecule has 1 aliphatic heterocycles. The lowest BCUT2D eigenvalue weighted by Gasteiger charge is -2.26. The number of nitrogens with zero attached hydrogens (tertiary/aromatic N) is 1. The Hall–Kier alpha value is -2.38. The van der Waals surface area contributed by atoms with Crippen LogP contribution in [-0.4, -0.2) is 45.4 Å². The molecule has 0 unspecified atom stereocenters. The molecule has 0 aliphatic carbocycles. The maximum atomic E-state index is 13.0. The van der Waals surface area contributed by atoms with Crippen LogP contribution in [0.5, 0.6) is 5.75 Å². The van der Waals surface area contributed by atoms with Gasteiger partial charge in [-0.25, -0.2) is 8.42 Å². The fourth-order valence-corrected chi connectivity index (χ4v) is 5.44. The SMILES string of the molecule is COc1ccc(S(=O)(=O)N2CCCCC2)cc1CCC(=O)NC[C@H](C)c1ccccc1. The normalized spacial score (nSPS) is 15.9. The Labute approximate surface area is 185 Å². The fraction of sp³-hybridized carbons (Fsp3) is 0.458. The average Bonchev–Trinajstić information content (AvgIpc) is 2.82. The number of carbonyl (C=O) groups is 1. The van der Waals surface area contributed by atoms with E-state index >= 15 is 0 Å². The lowest BCUT2D eigenvalue weighted by atomic mass is 10.0. The highest BCUT2D eigenvalue weighted by atomic mass is 32.2. The van der Waals surface area contributed by atoms with Crippen molar-refractivity contribution >= 4 is 15.9 Å². The van der Waals surface area contributed by atoms with Gasteiger partial charge in [0.1, 0.15) is 5.75 Å². The minimum Gasteiger partial charge on any atom is -0.496 e. The van der Waals surface area contributed by atoms with Gasteiger partial charge in [-0.15, -0.1) is 0 Å². The second-order valence-corrected chi connectivity index (χ2v) is 9.99. The van der Waals surface area contributed by atoms with Crippen molar-refractivity contribution in [1.29, 1.82) is 0 Å². The van der Waals surface area contributed by atoms with Gasteiger partial charge in [0.15, 0.2) is 0 Å². The van der Waals surface area contributed by atoms with E-state index in [1.54, 1.807) is 29.6 Å². The van der Waals surface area contributed by atoms with Crippen LogP contribution in [-0.2, 0) is 21.2 Å². The first-order chi connectivity index (χ1) is 14.9. The van der Waals surface area contributed by atoms with Crippen LogP contribution in [0.3, 0.4) is 0 Å². The first-order valence-electron chi connectivity index (χ1n) is 10.9. The Morgan fingerprint density at radius 1 is 1.10 bits per heavy atom. The van der Waals surface area contributed by atoms with Crippen LogP contribution in [0.2, 0.25) is 0 Å². The average molecular weight is 445 g/mol. The van der Waals surface area contributed by atoms with Gasteiger partial charge in [-0.1, -0.05) is 43.7 Å². The van der Waals surface area contributed by atoms with E-state index in [0.717, 1.165) is 24.8 Å². The van der Waals surface area contributed by atoms with Gasteiger partial charge in [-0.05, 0) is 54.5 Å². The number of methoxy groups -OCH3 is 1. The monoisotopic (exact) mass is 444 g/mol. The molecule has 7 heteroatoms. The maximum Gasteiger partial charge on any atom is 0.243 e. The second-order valence-electron chi connectivity index (χ2n) is 8.05. The van der Waals surface area contributed by atoms with E-state index in [1.807, 2.05) is 18.2 Å². The number of benzene rings is 2. The predicted molar refractivity (Wildman–Crippen MR) is 122 cm³/mol. The van der Waals surface area contributed by atoms with E-state index in [9.17, 15) is 13.2 Å². The van der Waals surface area contributed by atoms with Gasteiger partial charge in [0, 0.05) is 26.1 Å². The summed E-state index contributed by atoms with van der Waals surface area (Å²) in [5, 5.41) is 2.98. The Balaban J connectivity index is 1.62. The third-order valence-electron chi connectivity index (χ3n) is 5.80. The Morgan fingerprint density at radius 3 is 2.48 bits per heavy atom. The molecule has 0 bridgehead atoms. The third-order valence-corrected chi connectivity index (χ3v) is 7.69. The molecule has 0 aromatic heterocycles. The zero-order valence-electron chi connectivity index (χ0n) is 18.3. The van der Waals surface area contributed by atoms with Gasteiger partial charge < -0.3 is 10.1 Å². The van der Waals surface area contributed by atoms with Gasteiger partial charge in [0.2, 0.25) is 15.9 Å². The van der Waals surface area contributed by atoms with Crippen LogP contribution >= 0.6 is 0 Å². The number of carbonyl (C=O) groups excluding carboxylic acids is 1. The first kappa shape index (κ1) is 23.3. The van der Waals surface area contributed by atoms with Crippen LogP contribution < -0.4 is 10.1 Å². The van der Waals surface area contributed by atoms with Crippen molar-refractivity contribution < 1.29 is 17.9 Å². The molecule has 1 aliphatic rings. The molecule has 0 radical (unpaired) electrons. The molecule has 1 N–H and O–H groups in total. The molecule has 1 amide bonds. The standard InChI is InChI=1S/C24H32N2O4S/c1-19(20-9-5-3-6-10-20)18-25-24(27)14-11-21-17-22(12-13-23(21)30-2)31(28,29)26-15-7-4-8-16-26/h3,5-6,9-10,12-13,17,19H,4,7-8,11,14-16,18H2,1-2H3,(H,25,27)/t19-/m0/s1. The summed E-state index contributed by atoms with van der Waals surface area (Å²) in [7, 11) is -1.97. The van der Waals surface area contributed by atoms with Crippen molar-refractivity contribution in [3.05, 3.63) is 59.7 Å². The van der Waals surface area contributed by atoms with E-state index in [4.69, 9.17) is 4.74 Å². The number of hydrogen-bond acceptors (Lipinski definition) is 4. The van der Waals surface area contributed by atoms with Gasteiger partial charge in [0.05, 0.1) is 12.0 Å². The number of aryl methyl sites for hydroxylation is 1. The van der Waals surface area contributed by atoms with E-state index in [1.165, 1.54) is 5.56 Å². The number of ether oxygens (including phenoxy) is 1. The third kappa shape index (κ3) is 6.08. The smallest absolute Gasteiger partial charge is 0.243 e. The molecular weight excluding hydrogens is 412 g/mol. The molecule has 31 heavy (non-hydrogen) atoms. The van der Waals surface area contributed by atoms with Crippen molar-refractivity contribution in [3.8, 4) is 5.75 Å². The molecule has 1 fully saturated rings. The number of piperidine rings is 1. The van der Waals surface area contributed by atoms with Crippen molar-refractivity contribution in [2.75, 3.05) is 26.7 Å². The van der Waals surface area contributed by atoms with E-state index < -0.39 is 10.0 Å². The summed E-state index contributed by atoms with van der Waals surface area (Å²) in [6, 6.07) is 15.0. The van der Waals surface area contributed by atoms with Gasteiger partial charge in [0.25, 0.3) is 0 Å². The topological polar surface area (TPSA) is 75.7 Å². The first-order valence-corrected chi connectivity index (χ1v) is 12.3. The van der Waals surface area contributed by atoms with Crippen LogP contribution in [0.4, 0.5) is 0 Å². The summed E-state index contributed by atoms with van der Waals surface area (Å²) in [4.78, 5) is 12.7. The van der Waals surface area contributed by atoms with Gasteiger partial charge in [-0.3, -0.25) is 4.79 Å². The number of sulfonamides is 1. The summed E-state index contributed by atoms with van der Waals surface area (Å²) < 4.78 is 33.0. The van der Waals surface area contributed by atoms with Gasteiger partial charge in [-0.2, -0.15) is 4.31 Å². The maximum absolute atomic E-state index is 13.0. The van der Waals surface area contributed by atoms with E-state index in [0.29, 0.717) is 31.8 Å². The van der Waals surface area contributed by atoms with Gasteiger partial charge >= 0.3 is 0 Å². The summed E-state index contributed by atoms with van der Waals surface area (Å²) in [5.41, 5.74) is 1.91. The molecule has 2 aromatic rings. The zero-order chi connectivity index (χ0) is 22.3. The summed E-state index contributed by atoms with van der Waals surface area (Å²) in [6.45, 7) is 3.76. The molecule has 2 aromatic carbocycles. The molecule has 0 saturated carbocycles. The highest BCUT2D eigenvalue weighted by Crippen LogP contribution is 2.27. The van der Waals surface area contributed by atoms with E-state index in [2.05, 4.69) is 24.4 Å². The Kier molecular flexibility index (Phi) is 8.09. The molecule has 0 spiro atoms. The largest absolute Gasteiger partial charge is 0.496 e. The molecule has 168 valence electrons. The summed E-state index contributed by atoms with van der Waals surface area (Å²) >= 11 is 0. The van der Waals surface area contributed by atoms with Crippen molar-refractivity contribution in [3.63, 3.8) is 0 Å². The molecular formula is C24H32N2O4S. The molecule has 6 nitrogen and oxygen atoms in total. The molecule has 1 saturated heterocycles. The van der Waals surface area contributed by atoms with Crippen molar-refractivity contribution in [2.45, 2.75) is 49.8 Å². The molecule has 1 heterocycles. The number of hydrogen-bond donors (Lipinski definition) is 1. The van der Waals surface area contributed by atoms with Crippen LogP contribution in [0.25, 0.3) is 0 Å². The Bertz CT molecular complexity index is 970. The van der Waals surface area contributed by atoms with Crippen LogP contribution in [0.1, 0.15) is 49.7 Å². The molecule has 3 rings (SSSR count). The Morgan fingerprint density at radius 2 is 1.81 bits per heavy atom.